The maximum atomic E-state index is 6.12. The third kappa shape index (κ3) is 4.06. The first-order valence-electron chi connectivity index (χ1n) is 8.81. The molecule has 4 aromatic rings. The maximum Gasteiger partial charge on any atom is 0.257 e. The maximum absolute atomic E-state index is 6.12. The average molecular weight is 415 g/mol. The number of aromatic nitrogens is 4. The molecule has 0 radical (unpaired) electrons. The second-order valence-electron chi connectivity index (χ2n) is 6.34. The predicted molar refractivity (Wildman–Crippen MR) is 111 cm³/mol. The molecule has 0 aliphatic carbocycles. The number of aryl methyl sites for hydroxylation is 1. The van der Waals surface area contributed by atoms with Gasteiger partial charge in [0.2, 0.25) is 0 Å². The molecule has 0 saturated carbocycles. The van der Waals surface area contributed by atoms with Crippen LogP contribution in [0.15, 0.2) is 52.1 Å². The summed E-state index contributed by atoms with van der Waals surface area (Å²) in [6, 6.07) is 13.7. The van der Waals surface area contributed by atoms with Gasteiger partial charge in [-0.1, -0.05) is 46.2 Å². The largest absolute Gasteiger partial charge is 0.383 e. The van der Waals surface area contributed by atoms with Crippen LogP contribution in [0, 0.1) is 6.92 Å². The fourth-order valence-corrected chi connectivity index (χ4v) is 3.89. The number of thioether (sulfide) groups is 1. The zero-order valence-electron chi connectivity index (χ0n) is 15.6. The van der Waals surface area contributed by atoms with Crippen LogP contribution in [0.3, 0.4) is 0 Å². The van der Waals surface area contributed by atoms with Crippen molar-refractivity contribution in [1.82, 2.24) is 19.7 Å². The second-order valence-corrected chi connectivity index (χ2v) is 7.72. The number of hydrogen-bond acceptors (Lipinski definition) is 6. The molecule has 28 heavy (non-hydrogen) atoms. The molecular weight excluding hydrogens is 396 g/mol. The average Bonchev–Trinajstić information content (AvgIpc) is 3.29. The van der Waals surface area contributed by atoms with Crippen molar-refractivity contribution < 1.29 is 9.26 Å². The highest BCUT2D eigenvalue weighted by atomic mass is 35.5. The molecule has 8 heteroatoms. The van der Waals surface area contributed by atoms with Gasteiger partial charge < -0.3 is 13.8 Å². The smallest absolute Gasteiger partial charge is 0.257 e. The third-order valence-electron chi connectivity index (χ3n) is 4.29. The zero-order chi connectivity index (χ0) is 19.5. The molecule has 0 unspecified atom stereocenters. The minimum absolute atomic E-state index is 0.523. The summed E-state index contributed by atoms with van der Waals surface area (Å²) in [5, 5.41) is 5.64. The molecule has 0 bridgehead atoms. The molecule has 2 aromatic heterocycles. The van der Waals surface area contributed by atoms with E-state index >= 15 is 0 Å². The van der Waals surface area contributed by atoms with Crippen molar-refractivity contribution in [3.8, 4) is 11.5 Å². The summed E-state index contributed by atoms with van der Waals surface area (Å²) in [5.41, 5.74) is 3.99. The molecule has 2 heterocycles. The van der Waals surface area contributed by atoms with Gasteiger partial charge in [-0.2, -0.15) is 4.98 Å². The Labute approximate surface area is 171 Å². The van der Waals surface area contributed by atoms with Gasteiger partial charge in [-0.05, 0) is 37.3 Å². The molecule has 0 atom stereocenters. The summed E-state index contributed by atoms with van der Waals surface area (Å²) in [6.07, 6.45) is 0. The Morgan fingerprint density at radius 3 is 2.75 bits per heavy atom. The van der Waals surface area contributed by atoms with Crippen LogP contribution in [0.25, 0.3) is 22.5 Å². The predicted octanol–water partition coefficient (Wildman–Crippen LogP) is 4.99. The summed E-state index contributed by atoms with van der Waals surface area (Å²) < 4.78 is 12.8. The highest BCUT2D eigenvalue weighted by Crippen LogP contribution is 2.28. The van der Waals surface area contributed by atoms with Crippen molar-refractivity contribution in [3.63, 3.8) is 0 Å². The van der Waals surface area contributed by atoms with E-state index < -0.39 is 0 Å². The van der Waals surface area contributed by atoms with Crippen molar-refractivity contribution in [3.05, 3.63) is 58.9 Å². The fourth-order valence-electron chi connectivity index (χ4n) is 2.84. The number of benzene rings is 2. The van der Waals surface area contributed by atoms with Crippen LogP contribution in [0.5, 0.6) is 0 Å². The van der Waals surface area contributed by atoms with E-state index in [9.17, 15) is 0 Å². The van der Waals surface area contributed by atoms with Crippen LogP contribution in [0.1, 0.15) is 11.4 Å². The first kappa shape index (κ1) is 19.0. The molecule has 0 spiro atoms. The Kier molecular flexibility index (Phi) is 5.66. The number of methoxy groups -OCH3 is 1. The normalized spacial score (nSPS) is 11.4. The van der Waals surface area contributed by atoms with E-state index in [2.05, 4.69) is 14.7 Å². The van der Waals surface area contributed by atoms with Crippen LogP contribution in [0.2, 0.25) is 5.02 Å². The monoisotopic (exact) mass is 414 g/mol. The van der Waals surface area contributed by atoms with Gasteiger partial charge in [0, 0.05) is 24.2 Å². The lowest BCUT2D eigenvalue weighted by molar-refractivity contribution is 0.186. The lowest BCUT2D eigenvalue weighted by atomic mass is 10.1. The molecule has 0 aliphatic rings. The van der Waals surface area contributed by atoms with E-state index in [0.29, 0.717) is 35.6 Å². The molecule has 2 aromatic carbocycles. The van der Waals surface area contributed by atoms with E-state index in [1.807, 2.05) is 49.4 Å². The SMILES string of the molecule is COCCn1c(SCc2noc(-c3ccc(C)cc3)n2)nc2cc(Cl)ccc21. The molecule has 4 rings (SSSR count). The molecule has 0 aliphatic heterocycles. The van der Waals surface area contributed by atoms with Crippen molar-refractivity contribution in [1.29, 1.82) is 0 Å². The Morgan fingerprint density at radius 1 is 1.14 bits per heavy atom. The lowest BCUT2D eigenvalue weighted by Crippen LogP contribution is -2.05. The standard InChI is InChI=1S/C20H19ClN4O2S/c1-13-3-5-14(6-4-13)19-23-18(24-27-19)12-28-20-22-16-11-15(21)7-8-17(16)25(20)9-10-26-2/h3-8,11H,9-10,12H2,1-2H3. The minimum atomic E-state index is 0.523. The van der Waals surface area contributed by atoms with Gasteiger partial charge in [-0.25, -0.2) is 4.98 Å². The van der Waals surface area contributed by atoms with Crippen molar-refractivity contribution in [2.24, 2.45) is 0 Å². The van der Waals surface area contributed by atoms with Crippen LogP contribution in [-0.2, 0) is 17.0 Å². The Hall–Kier alpha value is -2.35. The second kappa shape index (κ2) is 8.34. The van der Waals surface area contributed by atoms with E-state index in [0.717, 1.165) is 21.8 Å². The van der Waals surface area contributed by atoms with Crippen LogP contribution >= 0.6 is 23.4 Å². The van der Waals surface area contributed by atoms with E-state index in [1.165, 1.54) is 5.56 Å². The number of nitrogens with zero attached hydrogens (tertiary/aromatic N) is 4. The summed E-state index contributed by atoms with van der Waals surface area (Å²) in [5.74, 6) is 1.71. The van der Waals surface area contributed by atoms with Gasteiger partial charge in [0.1, 0.15) is 0 Å². The van der Waals surface area contributed by atoms with Gasteiger partial charge >= 0.3 is 0 Å². The number of halogens is 1. The summed E-state index contributed by atoms with van der Waals surface area (Å²) in [4.78, 5) is 9.22. The van der Waals surface area contributed by atoms with Crippen LogP contribution in [-0.4, -0.2) is 33.4 Å². The van der Waals surface area contributed by atoms with Crippen molar-refractivity contribution in [2.45, 2.75) is 24.4 Å². The van der Waals surface area contributed by atoms with Gasteiger partial charge in [-0.3, -0.25) is 0 Å². The molecule has 0 fully saturated rings. The minimum Gasteiger partial charge on any atom is -0.383 e. The Bertz CT molecular complexity index is 1090. The molecular formula is C20H19ClN4O2S. The highest BCUT2D eigenvalue weighted by molar-refractivity contribution is 7.98. The van der Waals surface area contributed by atoms with Crippen molar-refractivity contribution in [2.75, 3.05) is 13.7 Å². The zero-order valence-corrected chi connectivity index (χ0v) is 17.1. The quantitative estimate of drug-likeness (QED) is 0.397. The summed E-state index contributed by atoms with van der Waals surface area (Å²) in [7, 11) is 1.69. The van der Waals surface area contributed by atoms with Gasteiger partial charge in [0.15, 0.2) is 11.0 Å². The van der Waals surface area contributed by atoms with Crippen LogP contribution in [0.4, 0.5) is 0 Å². The lowest BCUT2D eigenvalue weighted by Gasteiger charge is -2.07. The van der Waals surface area contributed by atoms with Gasteiger partial charge in [-0.15, -0.1) is 0 Å². The summed E-state index contributed by atoms with van der Waals surface area (Å²) >= 11 is 7.68. The summed E-state index contributed by atoms with van der Waals surface area (Å²) in [6.45, 7) is 3.35. The molecule has 6 nitrogen and oxygen atoms in total. The molecule has 144 valence electrons. The number of imidazole rings is 1. The Balaban J connectivity index is 1.54. The van der Waals surface area contributed by atoms with E-state index in [1.54, 1.807) is 18.9 Å². The molecule has 0 saturated heterocycles. The van der Waals surface area contributed by atoms with Gasteiger partial charge in [0.05, 0.1) is 23.4 Å². The third-order valence-corrected chi connectivity index (χ3v) is 5.50. The van der Waals surface area contributed by atoms with Crippen molar-refractivity contribution >= 4 is 34.4 Å². The van der Waals surface area contributed by atoms with E-state index in [-0.39, 0.29) is 0 Å². The topological polar surface area (TPSA) is 66.0 Å². The molecule has 0 amide bonds. The number of rotatable bonds is 7. The Morgan fingerprint density at radius 2 is 1.96 bits per heavy atom. The van der Waals surface area contributed by atoms with Crippen LogP contribution < -0.4 is 0 Å². The number of ether oxygens (including phenoxy) is 1. The number of fused-ring (bicyclic) bond motifs is 1. The fraction of sp³-hybridized carbons (Fsp3) is 0.250. The first-order chi connectivity index (χ1) is 13.6. The highest BCUT2D eigenvalue weighted by Gasteiger charge is 2.14. The van der Waals surface area contributed by atoms with Gasteiger partial charge in [0.25, 0.3) is 5.89 Å². The molecule has 0 N–H and O–H groups in total. The number of hydrogen-bond donors (Lipinski definition) is 0. The first-order valence-corrected chi connectivity index (χ1v) is 10.2. The van der Waals surface area contributed by atoms with E-state index in [4.69, 9.17) is 25.8 Å².